The van der Waals surface area contributed by atoms with E-state index in [1.165, 1.54) is 4.57 Å². The van der Waals surface area contributed by atoms with Crippen molar-refractivity contribution in [1.82, 2.24) is 14.8 Å². The van der Waals surface area contributed by atoms with Crippen LogP contribution >= 0.6 is 0 Å². The van der Waals surface area contributed by atoms with Crippen LogP contribution in [-0.2, 0) is 9.53 Å². The van der Waals surface area contributed by atoms with Gasteiger partial charge in [0.2, 0.25) is 5.95 Å². The average Bonchev–Trinajstić information content (AvgIpc) is 3.27. The van der Waals surface area contributed by atoms with Gasteiger partial charge in [-0.3, -0.25) is 9.36 Å². The Bertz CT molecular complexity index is 1040. The van der Waals surface area contributed by atoms with Gasteiger partial charge in [-0.1, -0.05) is 13.8 Å². The van der Waals surface area contributed by atoms with Crippen LogP contribution in [0.2, 0.25) is 0 Å². The molecule has 0 radical (unpaired) electrons. The second-order valence-electron chi connectivity index (χ2n) is 10.6. The van der Waals surface area contributed by atoms with Gasteiger partial charge in [-0.2, -0.15) is 0 Å². The maximum Gasteiger partial charge on any atom is 0.229 e. The SMILES string of the molecule is CC1(C)CC(=O)C2=C(C1)Nc1nnc(C(O)C(O)C(O)C(O)CO)n1C2C1O[C@H](CO)[C@@H](O)[C@H](O)[C@H]1O. The number of fused-ring (bicyclic) bond motifs is 1. The summed E-state index contributed by atoms with van der Waals surface area (Å²) in [5, 5.41) is 103. The summed E-state index contributed by atoms with van der Waals surface area (Å²) in [6.45, 7) is 2.15. The van der Waals surface area contributed by atoms with Crippen LogP contribution in [0.5, 0.6) is 0 Å². The lowest BCUT2D eigenvalue weighted by atomic mass is 9.72. The molecule has 2 aliphatic heterocycles. The fourth-order valence-electron chi connectivity index (χ4n) is 5.30. The van der Waals surface area contributed by atoms with E-state index < -0.39 is 79.6 Å². The average molecular weight is 531 g/mol. The molecule has 3 heterocycles. The van der Waals surface area contributed by atoms with E-state index in [9.17, 15) is 45.6 Å². The molecule has 15 nitrogen and oxygen atoms in total. The largest absolute Gasteiger partial charge is 0.394 e. The molecule has 0 spiro atoms. The van der Waals surface area contributed by atoms with E-state index in [2.05, 4.69) is 15.5 Å². The number of hydrogen-bond donors (Lipinski definition) is 10. The summed E-state index contributed by atoms with van der Waals surface area (Å²) in [5.41, 5.74) is 0.143. The molecule has 15 heteroatoms. The number of aromatic nitrogens is 3. The zero-order chi connectivity index (χ0) is 27.4. The van der Waals surface area contributed by atoms with Crippen LogP contribution in [0.3, 0.4) is 0 Å². The summed E-state index contributed by atoms with van der Waals surface area (Å²) >= 11 is 0. The van der Waals surface area contributed by atoms with E-state index in [1.807, 2.05) is 13.8 Å². The monoisotopic (exact) mass is 530 g/mol. The van der Waals surface area contributed by atoms with Crippen molar-refractivity contribution in [2.24, 2.45) is 5.41 Å². The normalized spacial score (nSPS) is 34.7. The van der Waals surface area contributed by atoms with Crippen molar-refractivity contribution >= 4 is 11.7 Å². The fourth-order valence-corrected chi connectivity index (χ4v) is 5.30. The molecular formula is C22H34N4O11. The molecular weight excluding hydrogens is 496 g/mol. The van der Waals surface area contributed by atoms with E-state index >= 15 is 0 Å². The summed E-state index contributed by atoms with van der Waals surface area (Å²) < 4.78 is 6.95. The number of rotatable bonds is 7. The number of carbonyl (C=O) groups excluding carboxylic acids is 1. The van der Waals surface area contributed by atoms with E-state index in [0.717, 1.165) is 0 Å². The zero-order valence-corrected chi connectivity index (χ0v) is 20.3. The van der Waals surface area contributed by atoms with Gasteiger partial charge in [-0.05, 0) is 11.8 Å². The number of hydrogen-bond acceptors (Lipinski definition) is 14. The van der Waals surface area contributed by atoms with Crippen LogP contribution < -0.4 is 5.32 Å². The molecule has 1 fully saturated rings. The van der Waals surface area contributed by atoms with Gasteiger partial charge in [-0.25, -0.2) is 0 Å². The Kier molecular flexibility index (Phi) is 7.75. The molecule has 0 aromatic carbocycles. The maximum atomic E-state index is 13.4. The zero-order valence-electron chi connectivity index (χ0n) is 20.3. The highest BCUT2D eigenvalue weighted by atomic mass is 16.5. The Balaban J connectivity index is 1.84. The van der Waals surface area contributed by atoms with Gasteiger partial charge >= 0.3 is 0 Å². The maximum absolute atomic E-state index is 13.4. The number of carbonyl (C=O) groups is 1. The molecule has 3 aliphatic rings. The quantitative estimate of drug-likeness (QED) is 0.161. The molecule has 0 amide bonds. The van der Waals surface area contributed by atoms with E-state index in [0.29, 0.717) is 12.1 Å². The van der Waals surface area contributed by atoms with Gasteiger partial charge < -0.3 is 56.0 Å². The van der Waals surface area contributed by atoms with Crippen molar-refractivity contribution in [3.05, 3.63) is 17.1 Å². The number of ketones is 1. The van der Waals surface area contributed by atoms with Crippen LogP contribution in [0.25, 0.3) is 0 Å². The lowest BCUT2D eigenvalue weighted by Gasteiger charge is -2.47. The van der Waals surface area contributed by atoms with Gasteiger partial charge in [0.15, 0.2) is 11.6 Å². The van der Waals surface area contributed by atoms with Crippen LogP contribution in [-0.4, -0.2) is 129 Å². The molecule has 1 saturated heterocycles. The van der Waals surface area contributed by atoms with Crippen LogP contribution in [0, 0.1) is 5.41 Å². The first-order chi connectivity index (χ1) is 17.3. The first-order valence-electron chi connectivity index (χ1n) is 11.9. The molecule has 10 N–H and O–H groups in total. The number of nitrogens with zero attached hydrogens (tertiary/aromatic N) is 3. The Morgan fingerprint density at radius 3 is 2.32 bits per heavy atom. The number of anilines is 1. The van der Waals surface area contributed by atoms with Crippen molar-refractivity contribution in [3.63, 3.8) is 0 Å². The standard InChI is InChI=1S/C22H34N4O11/c1-22(2)3-7-11(8(29)4-22)12(19-17(35)16(34)14(32)10(6-28)37-19)26-20(24-25-21(26)23-7)18(36)15(33)13(31)9(30)5-27/h9-10,12-19,27-28,30-36H,3-6H2,1-2H3,(H,23,25)/t9?,10-,12?,13?,14-,15?,16+,17-,18?,19?/m1/s1. The van der Waals surface area contributed by atoms with Gasteiger partial charge in [0, 0.05) is 17.7 Å². The first-order valence-corrected chi connectivity index (χ1v) is 11.9. The second-order valence-corrected chi connectivity index (χ2v) is 10.6. The minimum Gasteiger partial charge on any atom is -0.394 e. The molecule has 0 bridgehead atoms. The van der Waals surface area contributed by atoms with Gasteiger partial charge in [-0.15, -0.1) is 10.2 Å². The van der Waals surface area contributed by atoms with Crippen molar-refractivity contribution < 1.29 is 55.5 Å². The molecule has 208 valence electrons. The highest BCUT2D eigenvalue weighted by Gasteiger charge is 2.53. The lowest BCUT2D eigenvalue weighted by Crippen LogP contribution is -2.61. The Morgan fingerprint density at radius 2 is 1.70 bits per heavy atom. The second kappa shape index (κ2) is 10.3. The number of Topliss-reactive ketones (excluding diaryl/α,β-unsaturated/α-hetero) is 1. The van der Waals surface area contributed by atoms with Crippen molar-refractivity contribution in [2.75, 3.05) is 18.5 Å². The minimum absolute atomic E-state index is 0.00958. The summed E-state index contributed by atoms with van der Waals surface area (Å²) in [5.74, 6) is -0.730. The summed E-state index contributed by atoms with van der Waals surface area (Å²) in [4.78, 5) is 13.4. The predicted molar refractivity (Wildman–Crippen MR) is 122 cm³/mol. The minimum atomic E-state index is -2.05. The molecule has 10 atom stereocenters. The smallest absolute Gasteiger partial charge is 0.229 e. The molecule has 6 unspecified atom stereocenters. The van der Waals surface area contributed by atoms with Crippen molar-refractivity contribution in [1.29, 1.82) is 0 Å². The Labute approximate surface area is 211 Å². The predicted octanol–water partition coefficient (Wildman–Crippen LogP) is -4.16. The van der Waals surface area contributed by atoms with Gasteiger partial charge in [0.1, 0.15) is 54.9 Å². The number of ether oxygens (including phenoxy) is 1. The summed E-state index contributed by atoms with van der Waals surface area (Å²) in [7, 11) is 0. The molecule has 1 aliphatic carbocycles. The van der Waals surface area contributed by atoms with Crippen LogP contribution in [0.1, 0.15) is 44.7 Å². The fraction of sp³-hybridized carbons (Fsp3) is 0.773. The first kappa shape index (κ1) is 28.0. The van der Waals surface area contributed by atoms with Gasteiger partial charge in [0.25, 0.3) is 0 Å². The molecule has 37 heavy (non-hydrogen) atoms. The Hall–Kier alpha value is -2.05. The van der Waals surface area contributed by atoms with E-state index in [4.69, 9.17) is 9.84 Å². The molecule has 1 aromatic heterocycles. The number of allylic oxidation sites excluding steroid dienone is 1. The third-order valence-electron chi connectivity index (χ3n) is 7.24. The molecule has 4 rings (SSSR count). The van der Waals surface area contributed by atoms with Crippen molar-refractivity contribution in [2.45, 2.75) is 87.7 Å². The van der Waals surface area contributed by atoms with Crippen LogP contribution in [0.4, 0.5) is 5.95 Å². The molecule has 0 saturated carbocycles. The lowest BCUT2D eigenvalue weighted by molar-refractivity contribution is -0.236. The number of aliphatic hydroxyl groups is 9. The summed E-state index contributed by atoms with van der Waals surface area (Å²) in [6, 6.07) is -1.28. The third kappa shape index (κ3) is 4.80. The van der Waals surface area contributed by atoms with E-state index in [1.54, 1.807) is 0 Å². The van der Waals surface area contributed by atoms with E-state index in [-0.39, 0.29) is 29.5 Å². The van der Waals surface area contributed by atoms with Crippen LogP contribution in [0.15, 0.2) is 11.3 Å². The topological polar surface area (TPSA) is 251 Å². The molecule has 1 aromatic rings. The highest BCUT2D eigenvalue weighted by Crippen LogP contribution is 2.47. The van der Waals surface area contributed by atoms with Crippen molar-refractivity contribution in [3.8, 4) is 0 Å². The Morgan fingerprint density at radius 1 is 1.03 bits per heavy atom. The number of nitrogens with one attached hydrogen (secondary N) is 1. The summed E-state index contributed by atoms with van der Waals surface area (Å²) in [6.07, 6.45) is -15.2. The van der Waals surface area contributed by atoms with Gasteiger partial charge in [0.05, 0.1) is 19.3 Å². The third-order valence-corrected chi connectivity index (χ3v) is 7.24. The number of aliphatic hydroxyl groups excluding tert-OH is 9. The highest BCUT2D eigenvalue weighted by molar-refractivity contribution is 5.99.